The fraction of sp³-hybridized carbons (Fsp3) is 0.629. The number of morpholine rings is 1. The molecule has 4 saturated heterocycles. The van der Waals surface area contributed by atoms with Gasteiger partial charge in [0, 0.05) is 45.0 Å². The molecule has 10 nitrogen and oxygen atoms in total. The van der Waals surface area contributed by atoms with Gasteiger partial charge in [0.2, 0.25) is 17.7 Å². The Bertz CT molecular complexity index is 1250. The highest BCUT2D eigenvalue weighted by Gasteiger charge is 2.79. The lowest BCUT2D eigenvalue weighted by atomic mass is 9.66. The molecule has 2 unspecified atom stereocenters. The van der Waals surface area contributed by atoms with Crippen LogP contribution < -0.4 is 4.90 Å². The van der Waals surface area contributed by atoms with E-state index in [0.29, 0.717) is 57.8 Å². The van der Waals surface area contributed by atoms with Crippen LogP contribution in [0.15, 0.2) is 55.6 Å². The molecule has 3 amide bonds. The van der Waals surface area contributed by atoms with E-state index in [9.17, 15) is 19.5 Å². The van der Waals surface area contributed by atoms with Crippen LogP contribution in [0.1, 0.15) is 40.0 Å². The van der Waals surface area contributed by atoms with Crippen molar-refractivity contribution in [3.8, 4) is 0 Å². The van der Waals surface area contributed by atoms with Gasteiger partial charge in [0.05, 0.1) is 43.3 Å². The van der Waals surface area contributed by atoms with Crippen LogP contribution in [0.25, 0.3) is 0 Å². The molecule has 0 aliphatic carbocycles. The summed E-state index contributed by atoms with van der Waals surface area (Å²) in [5.74, 6) is -2.19. The zero-order valence-corrected chi connectivity index (χ0v) is 27.1. The molecule has 45 heavy (non-hydrogen) atoms. The first-order valence-electron chi connectivity index (χ1n) is 16.4. The third-order valence-electron chi connectivity index (χ3n) is 10.2. The summed E-state index contributed by atoms with van der Waals surface area (Å²) in [5.41, 5.74) is -1.38. The van der Waals surface area contributed by atoms with Crippen molar-refractivity contribution in [1.82, 2.24) is 14.7 Å². The lowest BCUT2D eigenvalue weighted by molar-refractivity contribution is -0.155. The van der Waals surface area contributed by atoms with Gasteiger partial charge in [0.1, 0.15) is 11.6 Å². The number of para-hydroxylation sites is 1. The Balaban J connectivity index is 1.54. The van der Waals surface area contributed by atoms with Gasteiger partial charge in [-0.3, -0.25) is 19.3 Å². The van der Waals surface area contributed by atoms with E-state index < -0.39 is 35.1 Å². The normalized spacial score (nSPS) is 29.9. The van der Waals surface area contributed by atoms with Crippen molar-refractivity contribution in [2.75, 3.05) is 64.0 Å². The van der Waals surface area contributed by atoms with Crippen LogP contribution in [0.5, 0.6) is 0 Å². The minimum absolute atomic E-state index is 0.169. The second kappa shape index (κ2) is 13.7. The van der Waals surface area contributed by atoms with Gasteiger partial charge >= 0.3 is 0 Å². The molecule has 1 spiro atoms. The predicted octanol–water partition coefficient (Wildman–Crippen LogP) is 2.72. The number of hydrogen-bond acceptors (Lipinski definition) is 7. The quantitative estimate of drug-likeness (QED) is 0.319. The van der Waals surface area contributed by atoms with Gasteiger partial charge in [0.15, 0.2) is 0 Å². The van der Waals surface area contributed by atoms with Crippen molar-refractivity contribution >= 4 is 23.4 Å². The van der Waals surface area contributed by atoms with Crippen LogP contribution in [0.2, 0.25) is 0 Å². The Morgan fingerprint density at radius 1 is 1.09 bits per heavy atom. The number of nitrogens with zero attached hydrogens (tertiary/aromatic N) is 4. The number of ether oxygens (including phenoxy) is 2. The highest BCUT2D eigenvalue weighted by atomic mass is 16.5. The van der Waals surface area contributed by atoms with Crippen molar-refractivity contribution < 1.29 is 29.0 Å². The molecule has 1 aromatic rings. The summed E-state index contributed by atoms with van der Waals surface area (Å²) in [5, 5.41) is 10.7. The van der Waals surface area contributed by atoms with Gasteiger partial charge in [-0.25, -0.2) is 0 Å². The largest absolute Gasteiger partial charge is 0.394 e. The van der Waals surface area contributed by atoms with Gasteiger partial charge < -0.3 is 29.3 Å². The van der Waals surface area contributed by atoms with Crippen molar-refractivity contribution in [1.29, 1.82) is 0 Å². The number of anilines is 1. The maximum Gasteiger partial charge on any atom is 0.248 e. The van der Waals surface area contributed by atoms with Crippen molar-refractivity contribution in [3.05, 3.63) is 55.6 Å². The summed E-state index contributed by atoms with van der Waals surface area (Å²) in [6.07, 6.45) is 4.93. The highest BCUT2D eigenvalue weighted by Crippen LogP contribution is 2.64. The number of benzene rings is 1. The summed E-state index contributed by atoms with van der Waals surface area (Å²) in [4.78, 5) is 51.4. The van der Waals surface area contributed by atoms with E-state index in [-0.39, 0.29) is 36.8 Å². The monoisotopic (exact) mass is 622 g/mol. The molecule has 0 aromatic heterocycles. The fourth-order valence-corrected chi connectivity index (χ4v) is 8.17. The van der Waals surface area contributed by atoms with Gasteiger partial charge in [0.25, 0.3) is 0 Å². The molecule has 5 rings (SSSR count). The van der Waals surface area contributed by atoms with Crippen LogP contribution in [0, 0.1) is 17.8 Å². The molecule has 0 radical (unpaired) electrons. The van der Waals surface area contributed by atoms with Crippen molar-refractivity contribution in [3.63, 3.8) is 0 Å². The maximum atomic E-state index is 14.8. The number of amides is 3. The molecule has 6 atom stereocenters. The van der Waals surface area contributed by atoms with Crippen molar-refractivity contribution in [2.45, 2.75) is 63.3 Å². The molecule has 10 heteroatoms. The number of rotatable bonds is 14. The molecule has 4 fully saturated rings. The summed E-state index contributed by atoms with van der Waals surface area (Å²) in [7, 11) is 0. The number of likely N-dealkylation sites (tertiary alicyclic amines) is 1. The first-order chi connectivity index (χ1) is 21.6. The predicted molar refractivity (Wildman–Crippen MR) is 172 cm³/mol. The average Bonchev–Trinajstić information content (AvgIpc) is 3.61. The lowest BCUT2D eigenvalue weighted by Crippen LogP contribution is -2.59. The van der Waals surface area contributed by atoms with Crippen LogP contribution in [0.4, 0.5) is 5.69 Å². The first kappa shape index (κ1) is 33.3. The van der Waals surface area contributed by atoms with E-state index >= 15 is 0 Å². The summed E-state index contributed by atoms with van der Waals surface area (Å²) < 4.78 is 12.4. The van der Waals surface area contributed by atoms with E-state index in [1.54, 1.807) is 26.9 Å². The van der Waals surface area contributed by atoms with E-state index in [4.69, 9.17) is 9.47 Å². The summed E-state index contributed by atoms with van der Waals surface area (Å²) in [6, 6.07) is 7.84. The minimum Gasteiger partial charge on any atom is -0.394 e. The van der Waals surface area contributed by atoms with E-state index in [0.717, 1.165) is 13.1 Å². The Kier molecular flexibility index (Phi) is 10.2. The van der Waals surface area contributed by atoms with Crippen LogP contribution in [0.3, 0.4) is 0 Å². The van der Waals surface area contributed by atoms with E-state index in [1.807, 2.05) is 51.1 Å². The average molecular weight is 623 g/mol. The molecule has 1 N–H and O–H groups in total. The molecular weight excluding hydrogens is 572 g/mol. The molecule has 1 aromatic carbocycles. The smallest absolute Gasteiger partial charge is 0.248 e. The molecule has 4 heterocycles. The zero-order valence-electron chi connectivity index (χ0n) is 27.1. The highest BCUT2D eigenvalue weighted by molar-refractivity contribution is 6.03. The van der Waals surface area contributed by atoms with Crippen LogP contribution in [-0.4, -0.2) is 120 Å². The number of aliphatic hydroxyl groups is 1. The lowest BCUT2D eigenvalue weighted by Gasteiger charge is -2.40. The van der Waals surface area contributed by atoms with Gasteiger partial charge in [-0.15, -0.1) is 13.2 Å². The Morgan fingerprint density at radius 3 is 2.40 bits per heavy atom. The summed E-state index contributed by atoms with van der Waals surface area (Å²) in [6.45, 7) is 18.1. The second-order valence-electron chi connectivity index (χ2n) is 13.5. The number of carbonyl (C=O) groups excluding carboxylic acids is 3. The topological polar surface area (TPSA) is 103 Å². The zero-order chi connectivity index (χ0) is 32.4. The molecular formula is C35H50N4O6. The minimum atomic E-state index is -1.18. The number of aliphatic hydroxyl groups excluding tert-OH is 1. The van der Waals surface area contributed by atoms with Crippen LogP contribution >= 0.6 is 0 Å². The Labute approximate surface area is 267 Å². The molecule has 2 bridgehead atoms. The van der Waals surface area contributed by atoms with Crippen molar-refractivity contribution in [2.24, 2.45) is 17.8 Å². The Morgan fingerprint density at radius 2 is 1.78 bits per heavy atom. The third kappa shape index (κ3) is 6.10. The summed E-state index contributed by atoms with van der Waals surface area (Å²) >= 11 is 0. The number of carbonyl (C=O) groups is 3. The standard InChI is InChI=1S/C35H50N4O6/c1-6-15-37(18-17-36-19-21-44-22-20-36)33(43)30-35-14-13-34(5,45-35)28(29(35)32(42)39(30)27(24-40)23-25(3)4)31(41)38(16-7-2)26-11-9-8-10-12-26/h6-12,25,27-30,40H,1-2,13-24H2,3-5H3/t27-,28-,29+,30?,34+,35?/m1/s1. The molecule has 4 aliphatic rings. The maximum absolute atomic E-state index is 14.8. The molecule has 4 aliphatic heterocycles. The van der Waals surface area contributed by atoms with Gasteiger partial charge in [-0.1, -0.05) is 44.2 Å². The molecule has 0 saturated carbocycles. The third-order valence-corrected chi connectivity index (χ3v) is 10.2. The first-order valence-corrected chi connectivity index (χ1v) is 16.4. The van der Waals surface area contributed by atoms with E-state index in [1.165, 1.54) is 0 Å². The van der Waals surface area contributed by atoms with Gasteiger partial charge in [-0.05, 0) is 44.2 Å². The second-order valence-corrected chi connectivity index (χ2v) is 13.5. The fourth-order valence-electron chi connectivity index (χ4n) is 8.17. The van der Waals surface area contributed by atoms with Gasteiger partial charge in [-0.2, -0.15) is 0 Å². The number of hydrogen-bond donors (Lipinski definition) is 1. The SMILES string of the molecule is C=CCN(CCN1CCOCC1)C(=O)C1N([C@@H](CO)CC(C)C)C(=O)[C@@H]2[C@H](C(=O)N(CC=C)c3ccccc3)[C@]3(C)CCC12O3. The van der Waals surface area contributed by atoms with Crippen LogP contribution in [-0.2, 0) is 23.9 Å². The number of fused-ring (bicyclic) bond motifs is 1. The Hall–Kier alpha value is -3.05. The molecule has 246 valence electrons. The van der Waals surface area contributed by atoms with E-state index in [2.05, 4.69) is 18.1 Å².